The minimum Gasteiger partial charge on any atom is -0.292 e. The van der Waals surface area contributed by atoms with Crippen molar-refractivity contribution in [2.75, 3.05) is 0 Å². The Labute approximate surface area is 666 Å². The average Bonchev–Trinajstić information content (AvgIpc) is 1.68. The molecule has 0 atom stereocenters. The molecule has 2 heterocycles. The molecule has 114 heavy (non-hydrogen) atoms. The predicted molar refractivity (Wildman–Crippen MR) is 484 cm³/mol. The lowest BCUT2D eigenvalue weighted by Crippen LogP contribution is -2.14. The lowest BCUT2D eigenvalue weighted by molar-refractivity contribution is 0.660. The topological polar surface area (TPSA) is 30.7 Å². The van der Waals surface area contributed by atoms with E-state index in [1.54, 1.807) is 11.3 Å². The van der Waals surface area contributed by atoms with Crippen LogP contribution in [0.5, 0.6) is 0 Å². The van der Waals surface area contributed by atoms with Gasteiger partial charge in [-0.3, -0.25) is 4.57 Å². The maximum absolute atomic E-state index is 5.18. The van der Waals surface area contributed by atoms with Crippen LogP contribution in [0, 0.1) is 0 Å². The Hall–Kier alpha value is -13.9. The molecule has 0 unspecified atom stereocenters. The smallest absolute Gasteiger partial charge is 0.145 e. The summed E-state index contributed by atoms with van der Waals surface area (Å²) in [4.78, 5) is 10.1. The highest BCUT2D eigenvalue weighted by molar-refractivity contribution is 7.21. The summed E-state index contributed by atoms with van der Waals surface area (Å²) in [5.41, 5.74) is 32.0. The van der Waals surface area contributed by atoms with Crippen LogP contribution in [-0.4, -0.2) is 14.5 Å². The van der Waals surface area contributed by atoms with E-state index in [0.29, 0.717) is 0 Å². The van der Waals surface area contributed by atoms with Crippen molar-refractivity contribution in [2.45, 2.75) is 38.5 Å². The fourth-order valence-corrected chi connectivity index (χ4v) is 20.2. The van der Waals surface area contributed by atoms with Gasteiger partial charge in [-0.2, -0.15) is 0 Å². The summed E-state index contributed by atoms with van der Waals surface area (Å²) in [5, 5.41) is 16.1. The van der Waals surface area contributed by atoms with E-state index < -0.39 is 0 Å². The summed E-state index contributed by atoms with van der Waals surface area (Å²) < 4.78 is 3.49. The lowest BCUT2D eigenvalue weighted by Gasteiger charge is -2.23. The zero-order valence-corrected chi connectivity index (χ0v) is 64.4. The highest BCUT2D eigenvalue weighted by Crippen LogP contribution is 2.55. The number of benzene rings is 19. The van der Waals surface area contributed by atoms with E-state index in [2.05, 4.69) is 414 Å². The minimum atomic E-state index is -0.107. The Bertz CT molecular complexity index is 7480. The van der Waals surface area contributed by atoms with E-state index in [-0.39, 0.29) is 10.8 Å². The van der Waals surface area contributed by atoms with Crippen LogP contribution in [0.3, 0.4) is 0 Å². The third kappa shape index (κ3) is 10.7. The van der Waals surface area contributed by atoms with Gasteiger partial charge in [-0.1, -0.05) is 349 Å². The number of fused-ring (bicyclic) bond motifs is 14. The molecule has 0 saturated heterocycles. The second-order valence-electron chi connectivity index (χ2n) is 31.8. The van der Waals surface area contributed by atoms with Crippen LogP contribution < -0.4 is 0 Å². The molecule has 4 heteroatoms. The molecule has 0 spiro atoms. The SMILES string of the molecule is CC1(C)c2ccccc2-c2ccc(-c3c4ccccc4c(-c4ccc(-c5nc6ccccc6n5-c5ccccc5)cc4)c4ccc(-c5cccc6ccccc56)cc34)cc21.CC1(C)c2ccccc2-c2ccc(-c3c4ccccc4c(-c4ccc(-c5nc6ccccc6s5)cc4)c4ccc(-c5cccc6ccccc56)cc34)cc21. The average molecular weight is 1470 g/mol. The minimum absolute atomic E-state index is 0.0907. The fourth-order valence-electron chi connectivity index (χ4n) is 19.2. The van der Waals surface area contributed by atoms with Crippen molar-refractivity contribution in [3.8, 4) is 117 Å². The Morgan fingerprint density at radius 1 is 0.237 bits per heavy atom. The Morgan fingerprint density at radius 2 is 0.605 bits per heavy atom. The van der Waals surface area contributed by atoms with Crippen LogP contribution in [0.1, 0.15) is 49.9 Å². The Balaban J connectivity index is 0.000000140. The monoisotopic (exact) mass is 1470 g/mol. The molecule has 0 saturated carbocycles. The zero-order chi connectivity index (χ0) is 75.9. The van der Waals surface area contributed by atoms with Crippen molar-refractivity contribution in [1.29, 1.82) is 0 Å². The first kappa shape index (κ1) is 67.0. The summed E-state index contributed by atoms with van der Waals surface area (Å²) in [6.45, 7) is 9.49. The number of nitrogens with zero attached hydrogens (tertiary/aromatic N) is 3. The van der Waals surface area contributed by atoms with Crippen molar-refractivity contribution in [2.24, 2.45) is 0 Å². The van der Waals surface area contributed by atoms with Crippen LogP contribution >= 0.6 is 11.3 Å². The molecule has 0 radical (unpaired) electrons. The van der Waals surface area contributed by atoms with E-state index in [4.69, 9.17) is 9.97 Å². The first-order chi connectivity index (χ1) is 56.1. The number of aromatic nitrogens is 3. The summed E-state index contributed by atoms with van der Waals surface area (Å²) in [5.74, 6) is 0.931. The maximum atomic E-state index is 5.18. The van der Waals surface area contributed by atoms with E-state index in [0.717, 1.165) is 44.2 Å². The van der Waals surface area contributed by atoms with Crippen molar-refractivity contribution in [3.05, 3.63) is 404 Å². The molecule has 0 aliphatic heterocycles. The van der Waals surface area contributed by atoms with Crippen molar-refractivity contribution in [1.82, 2.24) is 14.5 Å². The van der Waals surface area contributed by atoms with Crippen LogP contribution in [-0.2, 0) is 10.8 Å². The first-order valence-electron chi connectivity index (χ1n) is 39.6. The maximum Gasteiger partial charge on any atom is 0.145 e. The van der Waals surface area contributed by atoms with E-state index in [1.807, 2.05) is 0 Å². The number of thiazole rings is 1. The molecule has 536 valence electrons. The molecular weight excluding hydrogens is 1400 g/mol. The normalized spacial score (nSPS) is 13.1. The van der Waals surface area contributed by atoms with Gasteiger partial charge < -0.3 is 0 Å². The fraction of sp³-hybridized carbons (Fsp3) is 0.0545. The quantitative estimate of drug-likeness (QED) is 0.135. The molecule has 23 rings (SSSR count). The van der Waals surface area contributed by atoms with Gasteiger partial charge in [-0.25, -0.2) is 9.97 Å². The number of hydrogen-bond acceptors (Lipinski definition) is 3. The highest BCUT2D eigenvalue weighted by Gasteiger charge is 2.37. The van der Waals surface area contributed by atoms with Gasteiger partial charge in [0.25, 0.3) is 0 Å². The van der Waals surface area contributed by atoms with Gasteiger partial charge >= 0.3 is 0 Å². The zero-order valence-electron chi connectivity index (χ0n) is 63.6. The molecule has 2 aliphatic carbocycles. The number of imidazole rings is 1. The molecule has 0 bridgehead atoms. The highest BCUT2D eigenvalue weighted by atomic mass is 32.1. The van der Waals surface area contributed by atoms with Crippen LogP contribution in [0.25, 0.3) is 203 Å². The summed E-state index contributed by atoms with van der Waals surface area (Å²) >= 11 is 1.75. The van der Waals surface area contributed by atoms with Crippen molar-refractivity contribution < 1.29 is 0 Å². The largest absolute Gasteiger partial charge is 0.292 e. The third-order valence-corrected chi connectivity index (χ3v) is 25.8. The van der Waals surface area contributed by atoms with Gasteiger partial charge in [0, 0.05) is 27.6 Å². The van der Waals surface area contributed by atoms with Crippen LogP contribution in [0.15, 0.2) is 382 Å². The van der Waals surface area contributed by atoms with Gasteiger partial charge in [-0.05, 0) is 237 Å². The van der Waals surface area contributed by atoms with Crippen molar-refractivity contribution >= 4 is 97.2 Å². The van der Waals surface area contributed by atoms with Gasteiger partial charge in [-0.15, -0.1) is 11.3 Å². The molecule has 0 amide bonds. The van der Waals surface area contributed by atoms with Crippen LogP contribution in [0.2, 0.25) is 0 Å². The third-order valence-electron chi connectivity index (χ3n) is 24.7. The van der Waals surface area contributed by atoms with Gasteiger partial charge in [0.15, 0.2) is 0 Å². The molecule has 3 nitrogen and oxygen atoms in total. The number of hydrogen-bond donors (Lipinski definition) is 0. The second-order valence-corrected chi connectivity index (χ2v) is 32.8. The van der Waals surface area contributed by atoms with Gasteiger partial charge in [0.2, 0.25) is 0 Å². The standard InChI is InChI=1S/C58H40N2.C52H35NS/c1-58(2)51-24-11-10-20-45(51)46-33-32-41(36-52(46)58)56-48-22-9-8-21-47(48)55(49-34-31-40(35-50(49)56)44-23-14-16-37-15-6-7-19-43(37)44)38-27-29-39(30-28-38)57-59-53-25-12-13-26-54(53)60(57)42-17-4-3-5-18-42;1-52(2)45-19-8-7-15-39(45)40-28-27-36(31-46(40)52)50-42-17-6-5-16-41(42)49(33-22-24-34(25-23-33)51-53-47-20-9-10-21-48(47)54-51)43-29-26-35(30-44(43)50)38-18-11-13-32-12-3-4-14-37(32)38/h3-36H,1-2H3;3-31H,1-2H3. The summed E-state index contributed by atoms with van der Waals surface area (Å²) in [6.07, 6.45) is 0. The lowest BCUT2D eigenvalue weighted by atomic mass is 9.80. The molecule has 0 fully saturated rings. The van der Waals surface area contributed by atoms with Gasteiger partial charge in [0.1, 0.15) is 10.8 Å². The van der Waals surface area contributed by atoms with Crippen LogP contribution in [0.4, 0.5) is 0 Å². The molecule has 2 aromatic heterocycles. The van der Waals surface area contributed by atoms with Crippen molar-refractivity contribution in [3.63, 3.8) is 0 Å². The van der Waals surface area contributed by atoms with E-state index in [9.17, 15) is 0 Å². The predicted octanol–water partition coefficient (Wildman–Crippen LogP) is 30.2. The number of rotatable bonds is 9. The molecule has 2 aliphatic rings. The Morgan fingerprint density at radius 3 is 1.12 bits per heavy atom. The molecule has 19 aromatic carbocycles. The molecule has 0 N–H and O–H groups in total. The molecule has 21 aromatic rings. The number of para-hydroxylation sites is 4. The second kappa shape index (κ2) is 26.4. The van der Waals surface area contributed by atoms with Gasteiger partial charge in [0.05, 0.1) is 21.3 Å². The molecular formula is C110H75N3S. The summed E-state index contributed by atoms with van der Waals surface area (Å²) in [7, 11) is 0. The van der Waals surface area contributed by atoms with E-state index in [1.165, 1.54) is 181 Å². The van der Waals surface area contributed by atoms with E-state index >= 15 is 0 Å². The Kier molecular flexibility index (Phi) is 15.5. The first-order valence-corrected chi connectivity index (χ1v) is 40.4. The summed E-state index contributed by atoms with van der Waals surface area (Å²) in [6, 6.07) is 141.